The molecule has 0 aromatic heterocycles. The SMILES string of the molecule is COc1ccc(Oc2c(Cl)cc(N3CC(CO)OC3=O)cc2Cl)cc1C(C)C. The maximum Gasteiger partial charge on any atom is 0.414 e. The quantitative estimate of drug-likeness (QED) is 0.685. The second-order valence-corrected chi connectivity index (χ2v) is 7.51. The molecule has 8 heteroatoms. The Balaban J connectivity index is 1.88. The lowest BCUT2D eigenvalue weighted by Crippen LogP contribution is -2.25. The van der Waals surface area contributed by atoms with E-state index in [1.54, 1.807) is 25.3 Å². The van der Waals surface area contributed by atoms with Crippen molar-refractivity contribution in [2.24, 2.45) is 0 Å². The van der Waals surface area contributed by atoms with Crippen LogP contribution in [0.3, 0.4) is 0 Å². The van der Waals surface area contributed by atoms with Crippen LogP contribution in [0.4, 0.5) is 10.5 Å². The first-order valence-electron chi connectivity index (χ1n) is 8.77. The topological polar surface area (TPSA) is 68.2 Å². The Bertz CT molecular complexity index is 864. The van der Waals surface area contributed by atoms with Crippen molar-refractivity contribution in [2.75, 3.05) is 25.2 Å². The molecule has 0 spiro atoms. The van der Waals surface area contributed by atoms with Crippen molar-refractivity contribution < 1.29 is 24.1 Å². The minimum Gasteiger partial charge on any atom is -0.496 e. The van der Waals surface area contributed by atoms with Gasteiger partial charge < -0.3 is 19.3 Å². The van der Waals surface area contributed by atoms with Crippen molar-refractivity contribution >= 4 is 35.0 Å². The van der Waals surface area contributed by atoms with E-state index in [-0.39, 0.29) is 29.1 Å². The average molecular weight is 426 g/mol. The zero-order valence-electron chi connectivity index (χ0n) is 15.7. The third kappa shape index (κ3) is 4.14. The van der Waals surface area contributed by atoms with E-state index in [1.165, 1.54) is 4.90 Å². The van der Waals surface area contributed by atoms with Crippen LogP contribution < -0.4 is 14.4 Å². The maximum atomic E-state index is 12.0. The number of carbonyl (C=O) groups is 1. The summed E-state index contributed by atoms with van der Waals surface area (Å²) in [5, 5.41) is 9.69. The number of anilines is 1. The molecular formula is C20H21Cl2NO5. The Hall–Kier alpha value is -2.15. The lowest BCUT2D eigenvalue weighted by Gasteiger charge is -2.18. The van der Waals surface area contributed by atoms with Crippen molar-refractivity contribution in [2.45, 2.75) is 25.9 Å². The van der Waals surface area contributed by atoms with E-state index in [2.05, 4.69) is 13.8 Å². The summed E-state index contributed by atoms with van der Waals surface area (Å²) in [6.45, 7) is 4.09. The number of cyclic esters (lactones) is 1. The van der Waals surface area contributed by atoms with Gasteiger partial charge in [0.1, 0.15) is 17.6 Å². The fraction of sp³-hybridized carbons (Fsp3) is 0.350. The summed E-state index contributed by atoms with van der Waals surface area (Å²) in [5.41, 5.74) is 1.47. The predicted octanol–water partition coefficient (Wildman–Crippen LogP) is 5.24. The number of hydrogen-bond donors (Lipinski definition) is 1. The molecule has 1 fully saturated rings. The molecule has 0 bridgehead atoms. The lowest BCUT2D eigenvalue weighted by molar-refractivity contribution is 0.0963. The Morgan fingerprint density at radius 1 is 1.25 bits per heavy atom. The summed E-state index contributed by atoms with van der Waals surface area (Å²) < 4.78 is 16.4. The summed E-state index contributed by atoms with van der Waals surface area (Å²) in [6, 6.07) is 8.64. The summed E-state index contributed by atoms with van der Waals surface area (Å²) in [6.07, 6.45) is -1.13. The van der Waals surface area contributed by atoms with Gasteiger partial charge in [0.15, 0.2) is 5.75 Å². The molecule has 1 aliphatic heterocycles. The number of aliphatic hydroxyl groups is 1. The molecule has 6 nitrogen and oxygen atoms in total. The first-order chi connectivity index (χ1) is 13.3. The second-order valence-electron chi connectivity index (χ2n) is 6.70. The van der Waals surface area contributed by atoms with Gasteiger partial charge >= 0.3 is 6.09 Å². The van der Waals surface area contributed by atoms with Crippen molar-refractivity contribution in [1.82, 2.24) is 0 Å². The van der Waals surface area contributed by atoms with Crippen LogP contribution in [0.15, 0.2) is 30.3 Å². The number of benzene rings is 2. The van der Waals surface area contributed by atoms with Crippen LogP contribution in [-0.4, -0.2) is 37.6 Å². The highest BCUT2D eigenvalue weighted by molar-refractivity contribution is 6.37. The number of hydrogen-bond acceptors (Lipinski definition) is 5. The van der Waals surface area contributed by atoms with Crippen LogP contribution in [0, 0.1) is 0 Å². The van der Waals surface area contributed by atoms with Gasteiger partial charge in [-0.05, 0) is 36.2 Å². The van der Waals surface area contributed by atoms with Crippen LogP contribution in [0.1, 0.15) is 25.3 Å². The number of carbonyl (C=O) groups excluding carboxylic acids is 1. The Morgan fingerprint density at radius 2 is 1.93 bits per heavy atom. The monoisotopic (exact) mass is 425 g/mol. The molecule has 0 radical (unpaired) electrons. The van der Waals surface area contributed by atoms with Gasteiger partial charge in [-0.2, -0.15) is 0 Å². The molecule has 3 rings (SSSR count). The molecule has 1 N–H and O–H groups in total. The number of rotatable bonds is 6. The van der Waals surface area contributed by atoms with E-state index < -0.39 is 12.2 Å². The highest BCUT2D eigenvalue weighted by atomic mass is 35.5. The highest BCUT2D eigenvalue weighted by Crippen LogP contribution is 2.41. The van der Waals surface area contributed by atoms with Crippen LogP contribution >= 0.6 is 23.2 Å². The van der Waals surface area contributed by atoms with Gasteiger partial charge in [0.2, 0.25) is 0 Å². The Kier molecular flexibility index (Phi) is 6.23. The third-order valence-corrected chi connectivity index (χ3v) is 4.98. The minimum absolute atomic E-state index is 0.221. The first-order valence-corrected chi connectivity index (χ1v) is 9.53. The molecular weight excluding hydrogens is 405 g/mol. The molecule has 2 aromatic carbocycles. The highest BCUT2D eigenvalue weighted by Gasteiger charge is 2.32. The molecule has 1 unspecified atom stereocenters. The van der Waals surface area contributed by atoms with Gasteiger partial charge in [-0.25, -0.2) is 4.79 Å². The van der Waals surface area contributed by atoms with E-state index in [0.717, 1.165) is 11.3 Å². The third-order valence-electron chi connectivity index (χ3n) is 4.42. The molecule has 1 saturated heterocycles. The molecule has 1 atom stereocenters. The maximum absolute atomic E-state index is 12.0. The van der Waals surface area contributed by atoms with E-state index in [0.29, 0.717) is 17.2 Å². The van der Waals surface area contributed by atoms with Gasteiger partial charge in [-0.3, -0.25) is 4.90 Å². The van der Waals surface area contributed by atoms with Gasteiger partial charge in [0.25, 0.3) is 0 Å². The number of nitrogens with zero attached hydrogens (tertiary/aromatic N) is 1. The fourth-order valence-corrected chi connectivity index (χ4v) is 3.52. The zero-order valence-corrected chi connectivity index (χ0v) is 17.3. The summed E-state index contributed by atoms with van der Waals surface area (Å²) in [5.74, 6) is 1.88. The number of amides is 1. The van der Waals surface area contributed by atoms with Gasteiger partial charge in [0.05, 0.1) is 36.0 Å². The number of aliphatic hydroxyl groups excluding tert-OH is 1. The smallest absolute Gasteiger partial charge is 0.414 e. The number of ether oxygens (including phenoxy) is 3. The van der Waals surface area contributed by atoms with Crippen LogP contribution in [0.5, 0.6) is 17.2 Å². The summed E-state index contributed by atoms with van der Waals surface area (Å²) in [4.78, 5) is 13.3. The summed E-state index contributed by atoms with van der Waals surface area (Å²) in [7, 11) is 1.62. The fourth-order valence-electron chi connectivity index (χ4n) is 2.97. The largest absolute Gasteiger partial charge is 0.496 e. The molecule has 1 aliphatic rings. The van der Waals surface area contributed by atoms with E-state index in [1.807, 2.05) is 12.1 Å². The molecule has 28 heavy (non-hydrogen) atoms. The van der Waals surface area contributed by atoms with Crippen molar-refractivity contribution in [3.63, 3.8) is 0 Å². The Morgan fingerprint density at radius 3 is 2.46 bits per heavy atom. The van der Waals surface area contributed by atoms with E-state index >= 15 is 0 Å². The van der Waals surface area contributed by atoms with Crippen molar-refractivity contribution in [3.8, 4) is 17.2 Å². The minimum atomic E-state index is -0.574. The normalized spacial score (nSPS) is 16.5. The molecule has 1 heterocycles. The van der Waals surface area contributed by atoms with E-state index in [9.17, 15) is 9.90 Å². The first kappa shape index (κ1) is 20.6. The molecule has 0 saturated carbocycles. The standard InChI is InChI=1S/C20H21Cl2NO5/c1-11(2)15-8-13(4-5-18(15)26-3)27-19-16(21)6-12(7-17(19)22)23-9-14(10-24)28-20(23)25/h4-8,11,14,24H,9-10H2,1-3H3. The molecule has 150 valence electrons. The zero-order chi connectivity index (χ0) is 20.4. The molecule has 0 aliphatic carbocycles. The average Bonchev–Trinajstić information content (AvgIpc) is 3.05. The molecule has 2 aromatic rings. The summed E-state index contributed by atoms with van der Waals surface area (Å²) >= 11 is 12.8. The van der Waals surface area contributed by atoms with Gasteiger partial charge in [-0.1, -0.05) is 37.0 Å². The second kappa shape index (κ2) is 8.47. The Labute approximate surface area is 173 Å². The lowest BCUT2D eigenvalue weighted by atomic mass is 10.0. The van der Waals surface area contributed by atoms with Crippen molar-refractivity contribution in [1.29, 1.82) is 0 Å². The predicted molar refractivity (Wildman–Crippen MR) is 108 cm³/mol. The van der Waals surface area contributed by atoms with Gasteiger partial charge in [-0.15, -0.1) is 0 Å². The van der Waals surface area contributed by atoms with E-state index in [4.69, 9.17) is 37.4 Å². The van der Waals surface area contributed by atoms with Crippen LogP contribution in [-0.2, 0) is 4.74 Å². The van der Waals surface area contributed by atoms with Crippen LogP contribution in [0.25, 0.3) is 0 Å². The van der Waals surface area contributed by atoms with Crippen molar-refractivity contribution in [3.05, 3.63) is 45.9 Å². The molecule has 1 amide bonds. The number of methoxy groups -OCH3 is 1. The van der Waals surface area contributed by atoms with Crippen LogP contribution in [0.2, 0.25) is 10.0 Å². The number of halogens is 2. The van der Waals surface area contributed by atoms with Gasteiger partial charge in [0, 0.05) is 5.56 Å².